The van der Waals surface area contributed by atoms with Gasteiger partial charge in [0.25, 0.3) is 0 Å². The molecule has 0 bridgehead atoms. The SMILES string of the molecule is CCOC(=O)C(CCN(CC)CC)c1ccccc1. The van der Waals surface area contributed by atoms with Gasteiger partial charge in [0.15, 0.2) is 0 Å². The van der Waals surface area contributed by atoms with Crippen LogP contribution in [0.1, 0.15) is 38.7 Å². The lowest BCUT2D eigenvalue weighted by molar-refractivity contribution is -0.145. The molecule has 0 heterocycles. The first kappa shape index (κ1) is 15.7. The van der Waals surface area contributed by atoms with Gasteiger partial charge in [0.2, 0.25) is 0 Å². The Labute approximate surface area is 116 Å². The highest BCUT2D eigenvalue weighted by molar-refractivity contribution is 5.78. The highest BCUT2D eigenvalue weighted by Crippen LogP contribution is 2.21. The molecule has 0 N–H and O–H groups in total. The molecule has 19 heavy (non-hydrogen) atoms. The van der Waals surface area contributed by atoms with Crippen molar-refractivity contribution in [3.05, 3.63) is 35.9 Å². The zero-order chi connectivity index (χ0) is 14.1. The molecule has 0 aromatic heterocycles. The van der Waals surface area contributed by atoms with E-state index in [9.17, 15) is 4.79 Å². The summed E-state index contributed by atoms with van der Waals surface area (Å²) in [5.74, 6) is -0.261. The third-order valence-electron chi connectivity index (χ3n) is 3.40. The molecular weight excluding hydrogens is 238 g/mol. The van der Waals surface area contributed by atoms with Crippen molar-refractivity contribution >= 4 is 5.97 Å². The monoisotopic (exact) mass is 263 g/mol. The van der Waals surface area contributed by atoms with Crippen molar-refractivity contribution in [1.29, 1.82) is 0 Å². The summed E-state index contributed by atoms with van der Waals surface area (Å²) in [5, 5.41) is 0. The zero-order valence-electron chi connectivity index (χ0n) is 12.3. The quantitative estimate of drug-likeness (QED) is 0.675. The number of carbonyl (C=O) groups is 1. The maximum absolute atomic E-state index is 12.1. The summed E-state index contributed by atoms with van der Waals surface area (Å²) < 4.78 is 5.20. The van der Waals surface area contributed by atoms with Gasteiger partial charge in [-0.2, -0.15) is 0 Å². The third-order valence-corrected chi connectivity index (χ3v) is 3.40. The van der Waals surface area contributed by atoms with E-state index in [1.807, 2.05) is 37.3 Å². The van der Waals surface area contributed by atoms with Gasteiger partial charge in [-0.15, -0.1) is 0 Å². The van der Waals surface area contributed by atoms with Gasteiger partial charge >= 0.3 is 5.97 Å². The van der Waals surface area contributed by atoms with Crippen molar-refractivity contribution in [3.8, 4) is 0 Å². The van der Waals surface area contributed by atoms with E-state index >= 15 is 0 Å². The van der Waals surface area contributed by atoms with Crippen LogP contribution in [0.4, 0.5) is 0 Å². The second-order valence-corrected chi connectivity index (χ2v) is 4.53. The van der Waals surface area contributed by atoms with Gasteiger partial charge < -0.3 is 9.64 Å². The van der Waals surface area contributed by atoms with Crippen molar-refractivity contribution in [2.75, 3.05) is 26.2 Å². The minimum absolute atomic E-state index is 0.110. The van der Waals surface area contributed by atoms with Crippen molar-refractivity contribution in [2.24, 2.45) is 0 Å². The summed E-state index contributed by atoms with van der Waals surface area (Å²) in [4.78, 5) is 14.4. The number of carbonyl (C=O) groups excluding carboxylic acids is 1. The molecule has 1 atom stereocenters. The maximum atomic E-state index is 12.1. The number of hydrogen-bond acceptors (Lipinski definition) is 3. The predicted octanol–water partition coefficient (Wildman–Crippen LogP) is 3.07. The Bertz CT molecular complexity index is 360. The van der Waals surface area contributed by atoms with Crippen LogP contribution in [0.5, 0.6) is 0 Å². The molecule has 0 saturated carbocycles. The van der Waals surface area contributed by atoms with E-state index < -0.39 is 0 Å². The zero-order valence-corrected chi connectivity index (χ0v) is 12.3. The minimum atomic E-state index is -0.151. The summed E-state index contributed by atoms with van der Waals surface area (Å²) >= 11 is 0. The van der Waals surface area contributed by atoms with E-state index in [2.05, 4.69) is 18.7 Å². The lowest BCUT2D eigenvalue weighted by Crippen LogP contribution is -2.27. The Morgan fingerprint density at radius 3 is 2.32 bits per heavy atom. The molecule has 0 aliphatic rings. The van der Waals surface area contributed by atoms with Crippen LogP contribution in [-0.4, -0.2) is 37.1 Å². The highest BCUT2D eigenvalue weighted by atomic mass is 16.5. The van der Waals surface area contributed by atoms with E-state index in [4.69, 9.17) is 4.74 Å². The number of nitrogens with zero attached hydrogens (tertiary/aromatic N) is 1. The van der Waals surface area contributed by atoms with Crippen LogP contribution in [0.15, 0.2) is 30.3 Å². The molecule has 0 radical (unpaired) electrons. The Morgan fingerprint density at radius 1 is 1.16 bits per heavy atom. The van der Waals surface area contributed by atoms with Gasteiger partial charge in [0.1, 0.15) is 0 Å². The minimum Gasteiger partial charge on any atom is -0.466 e. The van der Waals surface area contributed by atoms with E-state index in [1.54, 1.807) is 0 Å². The molecule has 1 rings (SSSR count). The third kappa shape index (κ3) is 5.03. The van der Waals surface area contributed by atoms with Gasteiger partial charge in [-0.05, 0) is 38.5 Å². The van der Waals surface area contributed by atoms with Crippen LogP contribution in [0.2, 0.25) is 0 Å². The molecule has 0 aliphatic heterocycles. The van der Waals surface area contributed by atoms with E-state index in [0.29, 0.717) is 6.61 Å². The molecule has 3 heteroatoms. The second kappa shape index (κ2) is 8.70. The Hall–Kier alpha value is -1.35. The van der Waals surface area contributed by atoms with Gasteiger partial charge in [-0.3, -0.25) is 4.79 Å². The first-order valence-corrected chi connectivity index (χ1v) is 7.16. The standard InChI is InChI=1S/C16H25NO2/c1-4-17(5-2)13-12-15(16(18)19-6-3)14-10-8-7-9-11-14/h7-11,15H,4-6,12-13H2,1-3H3. The predicted molar refractivity (Wildman–Crippen MR) is 78.2 cm³/mol. The van der Waals surface area contributed by atoms with Crippen LogP contribution < -0.4 is 0 Å². The fourth-order valence-electron chi connectivity index (χ4n) is 2.20. The van der Waals surface area contributed by atoms with E-state index in [0.717, 1.165) is 31.6 Å². The molecule has 1 aromatic carbocycles. The van der Waals surface area contributed by atoms with Gasteiger partial charge in [0.05, 0.1) is 12.5 Å². The molecule has 0 amide bonds. The summed E-state index contributed by atoms with van der Waals surface area (Å²) in [6.07, 6.45) is 0.810. The summed E-state index contributed by atoms with van der Waals surface area (Å²) in [7, 11) is 0. The van der Waals surface area contributed by atoms with Crippen molar-refractivity contribution in [1.82, 2.24) is 4.90 Å². The number of benzene rings is 1. The molecule has 106 valence electrons. The van der Waals surface area contributed by atoms with Crippen molar-refractivity contribution < 1.29 is 9.53 Å². The van der Waals surface area contributed by atoms with Gasteiger partial charge in [-0.25, -0.2) is 0 Å². The number of rotatable bonds is 8. The van der Waals surface area contributed by atoms with Crippen LogP contribution >= 0.6 is 0 Å². The van der Waals surface area contributed by atoms with E-state index in [-0.39, 0.29) is 11.9 Å². The average molecular weight is 263 g/mol. The lowest BCUT2D eigenvalue weighted by atomic mass is 9.95. The van der Waals surface area contributed by atoms with Crippen LogP contribution in [0.3, 0.4) is 0 Å². The first-order chi connectivity index (χ1) is 9.22. The molecule has 0 aliphatic carbocycles. The van der Waals surface area contributed by atoms with Gasteiger partial charge in [0, 0.05) is 0 Å². The summed E-state index contributed by atoms with van der Waals surface area (Å²) in [5.41, 5.74) is 1.05. The van der Waals surface area contributed by atoms with Crippen molar-refractivity contribution in [2.45, 2.75) is 33.1 Å². The molecule has 3 nitrogen and oxygen atoms in total. The fourth-order valence-corrected chi connectivity index (χ4v) is 2.20. The first-order valence-electron chi connectivity index (χ1n) is 7.16. The topological polar surface area (TPSA) is 29.5 Å². The van der Waals surface area contributed by atoms with Crippen molar-refractivity contribution in [3.63, 3.8) is 0 Å². The van der Waals surface area contributed by atoms with Crippen LogP contribution in [0, 0.1) is 0 Å². The van der Waals surface area contributed by atoms with Gasteiger partial charge in [-0.1, -0.05) is 44.2 Å². The largest absolute Gasteiger partial charge is 0.466 e. The molecule has 0 saturated heterocycles. The Balaban J connectivity index is 2.73. The molecule has 0 spiro atoms. The summed E-state index contributed by atoms with van der Waals surface area (Å²) in [6, 6.07) is 9.92. The maximum Gasteiger partial charge on any atom is 0.313 e. The highest BCUT2D eigenvalue weighted by Gasteiger charge is 2.22. The second-order valence-electron chi connectivity index (χ2n) is 4.53. The lowest BCUT2D eigenvalue weighted by Gasteiger charge is -2.22. The molecule has 1 aromatic rings. The number of esters is 1. The molecule has 1 unspecified atom stereocenters. The van der Waals surface area contributed by atoms with Crippen LogP contribution in [-0.2, 0) is 9.53 Å². The smallest absolute Gasteiger partial charge is 0.313 e. The molecule has 0 fully saturated rings. The van der Waals surface area contributed by atoms with E-state index in [1.165, 1.54) is 0 Å². The number of ether oxygens (including phenoxy) is 1. The molecular formula is C16H25NO2. The summed E-state index contributed by atoms with van der Waals surface area (Å²) in [6.45, 7) is 9.53. The number of hydrogen-bond donors (Lipinski definition) is 0. The fraction of sp³-hybridized carbons (Fsp3) is 0.562. The average Bonchev–Trinajstić information content (AvgIpc) is 2.45. The normalized spacial score (nSPS) is 12.4. The Kier molecular flexibility index (Phi) is 7.19. The van der Waals surface area contributed by atoms with Crippen LogP contribution in [0.25, 0.3) is 0 Å². The Morgan fingerprint density at radius 2 is 1.79 bits per heavy atom.